The van der Waals surface area contributed by atoms with Gasteiger partial charge in [0.2, 0.25) is 0 Å². The minimum atomic E-state index is -4.45. The summed E-state index contributed by atoms with van der Waals surface area (Å²) in [6.07, 6.45) is -4.23. The Labute approximate surface area is 241 Å². The van der Waals surface area contributed by atoms with Crippen molar-refractivity contribution in [3.05, 3.63) is 129 Å². The fourth-order valence-electron chi connectivity index (χ4n) is 4.27. The fraction of sp³-hybridized carbons (Fsp3) is 0.188. The molecule has 0 saturated heterocycles. The van der Waals surface area contributed by atoms with E-state index in [1.165, 1.54) is 6.07 Å². The molecule has 0 aliphatic rings. The van der Waals surface area contributed by atoms with E-state index < -0.39 is 11.7 Å². The van der Waals surface area contributed by atoms with E-state index in [4.69, 9.17) is 27.3 Å². The molecule has 0 fully saturated rings. The van der Waals surface area contributed by atoms with Crippen molar-refractivity contribution in [1.29, 1.82) is 5.26 Å². The van der Waals surface area contributed by atoms with Crippen LogP contribution < -0.4 is 10.5 Å². The van der Waals surface area contributed by atoms with Crippen molar-refractivity contribution in [2.45, 2.75) is 32.7 Å². The first-order valence-electron chi connectivity index (χ1n) is 12.8. The van der Waals surface area contributed by atoms with Gasteiger partial charge in [-0.05, 0) is 78.1 Å². The summed E-state index contributed by atoms with van der Waals surface area (Å²) in [5.74, 6) is 0.295. The molecule has 2 N–H and O–H groups in total. The van der Waals surface area contributed by atoms with Gasteiger partial charge < -0.3 is 15.4 Å². The van der Waals surface area contributed by atoms with Crippen LogP contribution in [-0.2, 0) is 25.7 Å². The second kappa shape index (κ2) is 12.8. The summed E-state index contributed by atoms with van der Waals surface area (Å²) >= 11 is 6.19. The summed E-state index contributed by atoms with van der Waals surface area (Å²) in [6, 6.07) is 24.6. The van der Waals surface area contributed by atoms with Crippen LogP contribution in [0.5, 0.6) is 5.75 Å². The van der Waals surface area contributed by atoms with Gasteiger partial charge in [-0.3, -0.25) is 4.79 Å². The molecule has 4 aromatic rings. The van der Waals surface area contributed by atoms with Gasteiger partial charge in [-0.25, -0.2) is 0 Å². The summed E-state index contributed by atoms with van der Waals surface area (Å²) in [6.45, 7) is 2.43. The Kier molecular flexibility index (Phi) is 9.21. The maximum absolute atomic E-state index is 13.7. The highest BCUT2D eigenvalue weighted by molar-refractivity contribution is 6.31. The number of anilines is 1. The number of nitrogens with zero attached hydrogens (tertiary/aromatic N) is 2. The number of alkyl halides is 3. The number of nitriles is 1. The van der Waals surface area contributed by atoms with Gasteiger partial charge in [0.15, 0.2) is 0 Å². The van der Waals surface area contributed by atoms with Gasteiger partial charge >= 0.3 is 6.18 Å². The SMILES string of the molecule is Cc1c(N)cc(Cl)cc1C(=O)N(CCc1cccc(C(F)(F)F)c1)Cc1ccc(OCc2ccc(C#N)cc2)cc1. The lowest BCUT2D eigenvalue weighted by atomic mass is 10.0. The molecular weight excluding hydrogens is 551 g/mol. The van der Waals surface area contributed by atoms with Gasteiger partial charge in [-0.2, -0.15) is 18.4 Å². The monoisotopic (exact) mass is 577 g/mol. The van der Waals surface area contributed by atoms with Gasteiger partial charge in [0.05, 0.1) is 17.2 Å². The van der Waals surface area contributed by atoms with Gasteiger partial charge in [0.25, 0.3) is 5.91 Å². The number of ether oxygens (including phenoxy) is 1. The topological polar surface area (TPSA) is 79.3 Å². The molecular formula is C32H27ClF3N3O2. The Balaban J connectivity index is 1.51. The zero-order chi connectivity index (χ0) is 29.6. The summed E-state index contributed by atoms with van der Waals surface area (Å²) in [5.41, 5.74) is 9.36. The molecule has 0 radical (unpaired) electrons. The van der Waals surface area contributed by atoms with E-state index in [0.29, 0.717) is 45.3 Å². The second-order valence-electron chi connectivity index (χ2n) is 9.58. The van der Waals surface area contributed by atoms with Crippen LogP contribution in [0.2, 0.25) is 5.02 Å². The van der Waals surface area contributed by atoms with E-state index in [1.807, 2.05) is 24.3 Å². The average molecular weight is 578 g/mol. The summed E-state index contributed by atoms with van der Waals surface area (Å²) in [5, 5.41) is 9.25. The van der Waals surface area contributed by atoms with Crippen molar-refractivity contribution in [1.82, 2.24) is 4.90 Å². The average Bonchev–Trinajstić information content (AvgIpc) is 2.96. The molecule has 0 atom stereocenters. The first kappa shape index (κ1) is 29.5. The third kappa shape index (κ3) is 7.80. The lowest BCUT2D eigenvalue weighted by Gasteiger charge is -2.25. The number of benzene rings is 4. The first-order valence-corrected chi connectivity index (χ1v) is 13.1. The smallest absolute Gasteiger partial charge is 0.416 e. The van der Waals surface area contributed by atoms with Crippen molar-refractivity contribution in [2.24, 2.45) is 0 Å². The zero-order valence-corrected chi connectivity index (χ0v) is 23.0. The third-order valence-electron chi connectivity index (χ3n) is 6.64. The second-order valence-corrected chi connectivity index (χ2v) is 10.0. The van der Waals surface area contributed by atoms with Crippen LogP contribution in [0.3, 0.4) is 0 Å². The van der Waals surface area contributed by atoms with Crippen LogP contribution in [0.15, 0.2) is 84.9 Å². The Bertz CT molecular complexity index is 1560. The van der Waals surface area contributed by atoms with Crippen molar-refractivity contribution in [3.63, 3.8) is 0 Å². The number of halogens is 4. The first-order chi connectivity index (χ1) is 19.5. The van der Waals surface area contributed by atoms with Crippen LogP contribution in [0.4, 0.5) is 18.9 Å². The zero-order valence-electron chi connectivity index (χ0n) is 22.2. The van der Waals surface area contributed by atoms with E-state index >= 15 is 0 Å². The van der Waals surface area contributed by atoms with E-state index in [-0.39, 0.29) is 25.4 Å². The quantitative estimate of drug-likeness (QED) is 0.208. The minimum Gasteiger partial charge on any atom is -0.489 e. The molecule has 5 nitrogen and oxygen atoms in total. The van der Waals surface area contributed by atoms with E-state index in [1.54, 1.807) is 54.3 Å². The van der Waals surface area contributed by atoms with Crippen LogP contribution in [0, 0.1) is 18.3 Å². The number of amides is 1. The van der Waals surface area contributed by atoms with Crippen LogP contribution in [0.25, 0.3) is 0 Å². The standard InChI is InChI=1S/C32H27ClF3N3O2/c1-21-29(16-27(33)17-30(21)38)31(40)39(14-13-22-3-2-4-26(15-22)32(34,35)36)19-24-9-11-28(12-10-24)41-20-25-7-5-23(18-37)6-8-25/h2-12,15-17H,13-14,19-20,38H2,1H3. The number of carbonyl (C=O) groups excluding carboxylic acids is 1. The predicted octanol–water partition coefficient (Wildman–Crippen LogP) is 7.59. The predicted molar refractivity (Wildman–Crippen MR) is 152 cm³/mol. The Hall–Kier alpha value is -4.48. The van der Waals surface area contributed by atoms with Crippen LogP contribution in [0.1, 0.15) is 43.7 Å². The molecule has 210 valence electrons. The molecule has 0 unspecified atom stereocenters. The fourth-order valence-corrected chi connectivity index (χ4v) is 4.49. The molecule has 0 heterocycles. The van der Waals surface area contributed by atoms with E-state index in [9.17, 15) is 18.0 Å². The van der Waals surface area contributed by atoms with Gasteiger partial charge in [0.1, 0.15) is 12.4 Å². The number of nitrogens with two attached hydrogens (primary N) is 1. The number of hydrogen-bond donors (Lipinski definition) is 1. The Morgan fingerprint density at radius 2 is 1.66 bits per heavy atom. The highest BCUT2D eigenvalue weighted by Crippen LogP contribution is 2.30. The summed E-state index contributed by atoms with van der Waals surface area (Å²) in [4.78, 5) is 15.3. The molecule has 4 aromatic carbocycles. The number of nitrogen functional groups attached to an aromatic ring is 1. The summed E-state index contributed by atoms with van der Waals surface area (Å²) < 4.78 is 45.5. The van der Waals surface area contributed by atoms with Crippen molar-refractivity contribution < 1.29 is 22.7 Å². The van der Waals surface area contributed by atoms with Crippen molar-refractivity contribution in [3.8, 4) is 11.8 Å². The molecule has 1 amide bonds. The maximum Gasteiger partial charge on any atom is 0.416 e. The number of hydrogen-bond acceptors (Lipinski definition) is 4. The van der Waals surface area contributed by atoms with Crippen molar-refractivity contribution >= 4 is 23.2 Å². The van der Waals surface area contributed by atoms with Gasteiger partial charge in [-0.1, -0.05) is 54.1 Å². The van der Waals surface area contributed by atoms with Gasteiger partial charge in [0, 0.05) is 29.4 Å². The largest absolute Gasteiger partial charge is 0.489 e. The highest BCUT2D eigenvalue weighted by Gasteiger charge is 2.30. The highest BCUT2D eigenvalue weighted by atomic mass is 35.5. The lowest BCUT2D eigenvalue weighted by molar-refractivity contribution is -0.137. The normalized spacial score (nSPS) is 11.1. The van der Waals surface area contributed by atoms with Crippen LogP contribution in [-0.4, -0.2) is 17.4 Å². The van der Waals surface area contributed by atoms with Crippen LogP contribution >= 0.6 is 11.6 Å². The summed E-state index contributed by atoms with van der Waals surface area (Å²) in [7, 11) is 0. The molecule has 0 saturated carbocycles. The molecule has 0 bridgehead atoms. The minimum absolute atomic E-state index is 0.170. The maximum atomic E-state index is 13.7. The molecule has 41 heavy (non-hydrogen) atoms. The number of carbonyl (C=O) groups is 1. The van der Waals surface area contributed by atoms with E-state index in [2.05, 4.69) is 6.07 Å². The molecule has 0 aromatic heterocycles. The van der Waals surface area contributed by atoms with E-state index in [0.717, 1.165) is 23.3 Å². The molecule has 4 rings (SSSR count). The molecule has 0 aliphatic carbocycles. The van der Waals surface area contributed by atoms with Crippen molar-refractivity contribution in [2.75, 3.05) is 12.3 Å². The Morgan fingerprint density at radius 1 is 0.976 bits per heavy atom. The molecule has 9 heteroatoms. The lowest BCUT2D eigenvalue weighted by Crippen LogP contribution is -2.33. The molecule has 0 spiro atoms. The third-order valence-corrected chi connectivity index (χ3v) is 6.86. The Morgan fingerprint density at radius 3 is 2.32 bits per heavy atom. The molecule has 0 aliphatic heterocycles. The number of rotatable bonds is 9. The van der Waals surface area contributed by atoms with Gasteiger partial charge in [-0.15, -0.1) is 0 Å².